The van der Waals surface area contributed by atoms with Gasteiger partial charge in [0.25, 0.3) is 0 Å². The Morgan fingerprint density at radius 1 is 1.39 bits per heavy atom. The summed E-state index contributed by atoms with van der Waals surface area (Å²) in [6.07, 6.45) is 6.47. The van der Waals surface area contributed by atoms with Crippen molar-refractivity contribution in [1.82, 2.24) is 4.90 Å². The Balaban J connectivity index is 2.62. The van der Waals surface area contributed by atoms with Crippen LogP contribution in [0.1, 0.15) is 51.9 Å². The fourth-order valence-electron chi connectivity index (χ4n) is 2.51. The molecule has 104 valence electrons. The molecule has 1 aliphatic carbocycles. The van der Waals surface area contributed by atoms with Crippen molar-refractivity contribution >= 4 is 11.9 Å². The van der Waals surface area contributed by atoms with Gasteiger partial charge in [-0.25, -0.2) is 0 Å². The lowest BCUT2D eigenvalue weighted by atomic mass is 10.1. The van der Waals surface area contributed by atoms with Crippen LogP contribution in [0.5, 0.6) is 0 Å². The summed E-state index contributed by atoms with van der Waals surface area (Å²) in [5, 5.41) is 8.92. The molecule has 0 spiro atoms. The van der Waals surface area contributed by atoms with E-state index in [4.69, 9.17) is 10.8 Å². The first-order chi connectivity index (χ1) is 8.56. The highest BCUT2D eigenvalue weighted by Crippen LogP contribution is 2.24. The molecule has 1 amide bonds. The van der Waals surface area contributed by atoms with Crippen LogP contribution < -0.4 is 5.73 Å². The first-order valence-electron chi connectivity index (χ1n) is 6.84. The molecule has 0 aromatic heterocycles. The molecular formula is C13H24N2O3. The van der Waals surface area contributed by atoms with E-state index in [1.807, 2.05) is 6.92 Å². The molecule has 0 unspecified atom stereocenters. The van der Waals surface area contributed by atoms with Gasteiger partial charge in [-0.3, -0.25) is 9.59 Å². The molecule has 0 heterocycles. The van der Waals surface area contributed by atoms with Crippen molar-refractivity contribution in [1.29, 1.82) is 0 Å². The van der Waals surface area contributed by atoms with Crippen LogP contribution in [0.25, 0.3) is 0 Å². The number of hydrogen-bond acceptors (Lipinski definition) is 3. The van der Waals surface area contributed by atoms with Crippen LogP contribution in [-0.4, -0.2) is 40.5 Å². The van der Waals surface area contributed by atoms with Gasteiger partial charge in [-0.15, -0.1) is 0 Å². The number of nitrogens with two attached hydrogens (primary N) is 1. The molecule has 0 aliphatic heterocycles. The van der Waals surface area contributed by atoms with Gasteiger partial charge >= 0.3 is 5.97 Å². The van der Waals surface area contributed by atoms with E-state index >= 15 is 0 Å². The summed E-state index contributed by atoms with van der Waals surface area (Å²) in [6, 6.07) is -0.480. The summed E-state index contributed by atoms with van der Waals surface area (Å²) < 4.78 is 0. The molecule has 1 fully saturated rings. The van der Waals surface area contributed by atoms with E-state index < -0.39 is 12.0 Å². The number of carboxylic acid groups (broad SMARTS) is 1. The Hall–Kier alpha value is -1.10. The first-order valence-corrected chi connectivity index (χ1v) is 6.84. The van der Waals surface area contributed by atoms with Gasteiger partial charge in [0.2, 0.25) is 5.91 Å². The maximum absolute atomic E-state index is 12.2. The topological polar surface area (TPSA) is 83.6 Å². The third-order valence-electron chi connectivity index (χ3n) is 3.54. The summed E-state index contributed by atoms with van der Waals surface area (Å²) in [4.78, 5) is 24.6. The van der Waals surface area contributed by atoms with E-state index in [0.29, 0.717) is 6.42 Å². The molecule has 3 N–H and O–H groups in total. The number of amides is 1. The van der Waals surface area contributed by atoms with Crippen LogP contribution in [-0.2, 0) is 9.59 Å². The van der Waals surface area contributed by atoms with Crippen molar-refractivity contribution in [2.75, 3.05) is 6.54 Å². The second-order valence-corrected chi connectivity index (χ2v) is 5.05. The lowest BCUT2D eigenvalue weighted by Crippen LogP contribution is -2.49. The zero-order valence-electron chi connectivity index (χ0n) is 11.1. The minimum atomic E-state index is -0.960. The van der Waals surface area contributed by atoms with E-state index in [2.05, 4.69) is 0 Å². The first kappa shape index (κ1) is 15.0. The second-order valence-electron chi connectivity index (χ2n) is 5.05. The van der Waals surface area contributed by atoms with Gasteiger partial charge in [0.1, 0.15) is 6.54 Å². The van der Waals surface area contributed by atoms with Crippen LogP contribution in [0.2, 0.25) is 0 Å². The van der Waals surface area contributed by atoms with E-state index in [1.54, 1.807) is 0 Å². The van der Waals surface area contributed by atoms with Crippen molar-refractivity contribution in [3.8, 4) is 0 Å². The molecule has 18 heavy (non-hydrogen) atoms. The van der Waals surface area contributed by atoms with Crippen LogP contribution in [0.15, 0.2) is 0 Å². The highest BCUT2D eigenvalue weighted by molar-refractivity contribution is 5.85. The van der Waals surface area contributed by atoms with Crippen LogP contribution >= 0.6 is 0 Å². The van der Waals surface area contributed by atoms with Crippen molar-refractivity contribution < 1.29 is 14.7 Å². The molecule has 0 saturated heterocycles. The number of carbonyl (C=O) groups is 2. The highest BCUT2D eigenvalue weighted by Gasteiger charge is 2.30. The molecule has 0 aromatic carbocycles. The minimum absolute atomic E-state index is 0.0706. The van der Waals surface area contributed by atoms with Crippen molar-refractivity contribution in [2.45, 2.75) is 64.0 Å². The average Bonchev–Trinajstić information content (AvgIpc) is 2.85. The van der Waals surface area contributed by atoms with Gasteiger partial charge in [-0.05, 0) is 19.3 Å². The third-order valence-corrected chi connectivity index (χ3v) is 3.54. The lowest BCUT2D eigenvalue weighted by molar-refractivity contribution is -0.146. The predicted octanol–water partition coefficient (Wildman–Crippen LogP) is 1.36. The fourth-order valence-corrected chi connectivity index (χ4v) is 2.51. The fraction of sp³-hybridized carbons (Fsp3) is 0.846. The minimum Gasteiger partial charge on any atom is -0.480 e. The highest BCUT2D eigenvalue weighted by atomic mass is 16.4. The SMILES string of the molecule is CCCC[C@H](N)C(=O)N(CC(=O)O)C1CCCC1. The standard InChI is InChI=1S/C13H24N2O3/c1-2-3-8-11(14)13(18)15(9-12(16)17)10-6-4-5-7-10/h10-11H,2-9,14H2,1H3,(H,16,17)/t11-/m0/s1. The smallest absolute Gasteiger partial charge is 0.323 e. The Morgan fingerprint density at radius 2 is 2.00 bits per heavy atom. The monoisotopic (exact) mass is 256 g/mol. The number of hydrogen-bond donors (Lipinski definition) is 2. The molecule has 1 atom stereocenters. The van der Waals surface area contributed by atoms with Crippen molar-refractivity contribution in [3.63, 3.8) is 0 Å². The largest absolute Gasteiger partial charge is 0.480 e. The van der Waals surface area contributed by atoms with Gasteiger partial charge < -0.3 is 15.7 Å². The zero-order valence-corrected chi connectivity index (χ0v) is 11.1. The summed E-state index contributed by atoms with van der Waals surface area (Å²) in [5.41, 5.74) is 5.86. The molecule has 5 heteroatoms. The Bertz CT molecular complexity index is 288. The zero-order chi connectivity index (χ0) is 13.5. The molecular weight excluding hydrogens is 232 g/mol. The van der Waals surface area contributed by atoms with Gasteiger partial charge in [0, 0.05) is 6.04 Å². The van der Waals surface area contributed by atoms with E-state index in [1.165, 1.54) is 4.90 Å². The van der Waals surface area contributed by atoms with E-state index in [9.17, 15) is 9.59 Å². The summed E-state index contributed by atoms with van der Waals surface area (Å²) in [7, 11) is 0. The molecule has 0 aromatic rings. The van der Waals surface area contributed by atoms with Gasteiger partial charge in [0.15, 0.2) is 0 Å². The maximum atomic E-state index is 12.2. The lowest BCUT2D eigenvalue weighted by Gasteiger charge is -2.29. The molecule has 5 nitrogen and oxygen atoms in total. The third kappa shape index (κ3) is 4.29. The summed E-state index contributed by atoms with van der Waals surface area (Å²) in [6.45, 7) is 1.83. The second kappa shape index (κ2) is 7.36. The average molecular weight is 256 g/mol. The summed E-state index contributed by atoms with van der Waals surface area (Å²) in [5.74, 6) is -1.16. The normalized spacial score (nSPS) is 17.7. The molecule has 1 saturated carbocycles. The van der Waals surface area contributed by atoms with Crippen molar-refractivity contribution in [2.24, 2.45) is 5.73 Å². The number of carbonyl (C=O) groups excluding carboxylic acids is 1. The number of unbranched alkanes of at least 4 members (excludes halogenated alkanes) is 1. The number of carboxylic acids is 1. The van der Waals surface area contributed by atoms with Crippen LogP contribution in [0, 0.1) is 0 Å². The number of aliphatic carboxylic acids is 1. The van der Waals surface area contributed by atoms with E-state index in [-0.39, 0.29) is 18.5 Å². The van der Waals surface area contributed by atoms with Crippen LogP contribution in [0.3, 0.4) is 0 Å². The summed E-state index contributed by atoms with van der Waals surface area (Å²) >= 11 is 0. The quantitative estimate of drug-likeness (QED) is 0.720. The Labute approximate surface area is 108 Å². The Kier molecular flexibility index (Phi) is 6.12. The molecule has 0 bridgehead atoms. The molecule has 1 rings (SSSR count). The van der Waals surface area contributed by atoms with Gasteiger partial charge in [-0.2, -0.15) is 0 Å². The van der Waals surface area contributed by atoms with Gasteiger partial charge in [0.05, 0.1) is 6.04 Å². The number of rotatable bonds is 7. The van der Waals surface area contributed by atoms with Gasteiger partial charge in [-0.1, -0.05) is 32.6 Å². The van der Waals surface area contributed by atoms with Crippen molar-refractivity contribution in [3.05, 3.63) is 0 Å². The van der Waals surface area contributed by atoms with E-state index in [0.717, 1.165) is 38.5 Å². The maximum Gasteiger partial charge on any atom is 0.323 e. The van der Waals surface area contributed by atoms with Crippen LogP contribution in [0.4, 0.5) is 0 Å². The Morgan fingerprint density at radius 3 is 2.50 bits per heavy atom. The number of nitrogens with zero attached hydrogens (tertiary/aromatic N) is 1. The molecule has 1 aliphatic rings. The molecule has 0 radical (unpaired) electrons. The predicted molar refractivity (Wildman–Crippen MR) is 69.1 cm³/mol.